The van der Waals surface area contributed by atoms with Gasteiger partial charge in [-0.1, -0.05) is 0 Å². The van der Waals surface area contributed by atoms with Crippen LogP contribution in [-0.2, 0) is 9.59 Å². The zero-order chi connectivity index (χ0) is 12.8. The Balaban J connectivity index is 2.13. The molecule has 0 aliphatic carbocycles. The summed E-state index contributed by atoms with van der Waals surface area (Å²) in [6.45, 7) is -0.672. The van der Waals surface area contributed by atoms with Gasteiger partial charge in [-0.3, -0.25) is 14.9 Å². The quantitative estimate of drug-likeness (QED) is 0.562. The number of imide groups is 1. The molecule has 6 nitrogen and oxygen atoms in total. The zero-order valence-electron chi connectivity index (χ0n) is 8.43. The first kappa shape index (κ1) is 11.7. The highest BCUT2D eigenvalue weighted by Crippen LogP contribution is 2.28. The molecule has 0 aromatic carbocycles. The lowest BCUT2D eigenvalue weighted by Gasteiger charge is -2.21. The molecular formula is C8H8F3N3O3. The van der Waals surface area contributed by atoms with E-state index in [9.17, 15) is 27.6 Å². The number of rotatable bonds is 0. The van der Waals surface area contributed by atoms with Crippen LogP contribution in [0.2, 0.25) is 0 Å². The van der Waals surface area contributed by atoms with E-state index in [1.165, 1.54) is 0 Å². The van der Waals surface area contributed by atoms with Crippen molar-refractivity contribution >= 4 is 17.8 Å². The number of nitrogens with one attached hydrogen (secondary N) is 2. The van der Waals surface area contributed by atoms with Gasteiger partial charge in [0, 0.05) is 6.54 Å². The van der Waals surface area contributed by atoms with Gasteiger partial charge in [0.2, 0.25) is 0 Å². The first-order valence-electron chi connectivity index (χ1n) is 4.74. The average Bonchev–Trinajstić information content (AvgIpc) is 2.70. The van der Waals surface area contributed by atoms with Crippen LogP contribution in [-0.4, -0.2) is 47.6 Å². The maximum Gasteiger partial charge on any atom is 0.471 e. The summed E-state index contributed by atoms with van der Waals surface area (Å²) >= 11 is 0. The van der Waals surface area contributed by atoms with Gasteiger partial charge in [0.1, 0.15) is 5.54 Å². The van der Waals surface area contributed by atoms with Gasteiger partial charge in [-0.15, -0.1) is 0 Å². The Morgan fingerprint density at radius 1 is 1.35 bits per heavy atom. The lowest BCUT2D eigenvalue weighted by atomic mass is 10.00. The van der Waals surface area contributed by atoms with Crippen LogP contribution in [0.1, 0.15) is 6.42 Å². The van der Waals surface area contributed by atoms with Gasteiger partial charge in [-0.05, 0) is 6.42 Å². The minimum atomic E-state index is -4.97. The fourth-order valence-electron chi connectivity index (χ4n) is 1.98. The number of hydrogen-bond donors (Lipinski definition) is 2. The summed E-state index contributed by atoms with van der Waals surface area (Å²) < 4.78 is 36.5. The fourth-order valence-corrected chi connectivity index (χ4v) is 1.98. The standard InChI is InChI=1S/C8H8F3N3O3/c9-8(10,11)5(16)14-2-1-7(3-14)4(15)12-6(17)13-7/h1-3H2,(H2,12,13,15,17). The van der Waals surface area contributed by atoms with Crippen LogP contribution in [0, 0.1) is 0 Å². The maximum atomic E-state index is 12.2. The zero-order valence-corrected chi connectivity index (χ0v) is 8.43. The number of urea groups is 1. The molecule has 0 aromatic heterocycles. The molecule has 2 aliphatic heterocycles. The number of alkyl halides is 3. The molecule has 9 heteroatoms. The third-order valence-corrected chi connectivity index (χ3v) is 2.81. The molecule has 2 saturated heterocycles. The van der Waals surface area contributed by atoms with Gasteiger partial charge < -0.3 is 10.2 Å². The second-order valence-electron chi connectivity index (χ2n) is 3.96. The summed E-state index contributed by atoms with van der Waals surface area (Å²) in [6, 6.07) is -0.753. The van der Waals surface area contributed by atoms with Gasteiger partial charge in [0.05, 0.1) is 6.54 Å². The largest absolute Gasteiger partial charge is 0.471 e. The Morgan fingerprint density at radius 3 is 2.47 bits per heavy atom. The molecule has 0 bridgehead atoms. The lowest BCUT2D eigenvalue weighted by molar-refractivity contribution is -0.184. The van der Waals surface area contributed by atoms with Crippen LogP contribution in [0.3, 0.4) is 0 Å². The van der Waals surface area contributed by atoms with E-state index < -0.39 is 36.1 Å². The van der Waals surface area contributed by atoms with Crippen molar-refractivity contribution in [3.63, 3.8) is 0 Å². The van der Waals surface area contributed by atoms with Crippen molar-refractivity contribution in [3.8, 4) is 0 Å². The van der Waals surface area contributed by atoms with Crippen molar-refractivity contribution < 1.29 is 27.6 Å². The number of amides is 4. The summed E-state index contributed by atoms with van der Waals surface area (Å²) in [4.78, 5) is 33.8. The first-order valence-corrected chi connectivity index (χ1v) is 4.74. The molecule has 1 spiro atoms. The van der Waals surface area contributed by atoms with Gasteiger partial charge in [0.15, 0.2) is 0 Å². The summed E-state index contributed by atoms with van der Waals surface area (Å²) in [5.41, 5.74) is -1.40. The van der Waals surface area contributed by atoms with Crippen LogP contribution in [0.5, 0.6) is 0 Å². The van der Waals surface area contributed by atoms with E-state index in [4.69, 9.17) is 0 Å². The minimum absolute atomic E-state index is 0.0214. The normalized spacial score (nSPS) is 28.5. The third-order valence-electron chi connectivity index (χ3n) is 2.81. The van der Waals surface area contributed by atoms with E-state index in [1.54, 1.807) is 0 Å². The van der Waals surface area contributed by atoms with Gasteiger partial charge in [0.25, 0.3) is 5.91 Å². The highest BCUT2D eigenvalue weighted by molar-refractivity contribution is 6.07. The number of carbonyl (C=O) groups is 3. The maximum absolute atomic E-state index is 12.2. The smallest absolute Gasteiger partial charge is 0.332 e. The van der Waals surface area contributed by atoms with E-state index in [2.05, 4.69) is 5.32 Å². The molecular weight excluding hydrogens is 243 g/mol. The minimum Gasteiger partial charge on any atom is -0.332 e. The third kappa shape index (κ3) is 1.81. The molecule has 0 radical (unpaired) electrons. The SMILES string of the molecule is O=C1NC(=O)C2(CCN(C(=O)C(F)(F)F)C2)N1. The van der Waals surface area contributed by atoms with E-state index in [0.29, 0.717) is 4.90 Å². The number of hydrogen-bond acceptors (Lipinski definition) is 3. The summed E-state index contributed by atoms with van der Waals surface area (Å²) in [6.07, 6.45) is -4.99. The molecule has 2 fully saturated rings. The van der Waals surface area contributed by atoms with Crippen LogP contribution >= 0.6 is 0 Å². The monoisotopic (exact) mass is 251 g/mol. The highest BCUT2D eigenvalue weighted by atomic mass is 19.4. The summed E-state index contributed by atoms with van der Waals surface area (Å²) in [5, 5.41) is 4.19. The van der Waals surface area contributed by atoms with Crippen molar-refractivity contribution in [2.75, 3.05) is 13.1 Å². The van der Waals surface area contributed by atoms with E-state index in [0.717, 1.165) is 0 Å². The van der Waals surface area contributed by atoms with E-state index in [-0.39, 0.29) is 13.0 Å². The second-order valence-corrected chi connectivity index (χ2v) is 3.96. The first-order chi connectivity index (χ1) is 7.74. The second kappa shape index (κ2) is 3.34. The van der Waals surface area contributed by atoms with Gasteiger partial charge in [-0.2, -0.15) is 13.2 Å². The number of likely N-dealkylation sites (tertiary alicyclic amines) is 1. The Labute approximate surface area is 93.1 Å². The Morgan fingerprint density at radius 2 is 2.00 bits per heavy atom. The van der Waals surface area contributed by atoms with Gasteiger partial charge in [-0.25, -0.2) is 4.79 Å². The van der Waals surface area contributed by atoms with Gasteiger partial charge >= 0.3 is 18.1 Å². The summed E-state index contributed by atoms with van der Waals surface area (Å²) in [5.74, 6) is -2.69. The van der Waals surface area contributed by atoms with Crippen molar-refractivity contribution in [1.82, 2.24) is 15.5 Å². The molecule has 1 atom stereocenters. The van der Waals surface area contributed by atoms with E-state index in [1.807, 2.05) is 5.32 Å². The molecule has 17 heavy (non-hydrogen) atoms. The predicted molar refractivity (Wildman–Crippen MR) is 46.7 cm³/mol. The number of halogens is 3. The van der Waals surface area contributed by atoms with Crippen molar-refractivity contribution in [2.24, 2.45) is 0 Å². The topological polar surface area (TPSA) is 78.5 Å². The lowest BCUT2D eigenvalue weighted by Crippen LogP contribution is -2.51. The molecule has 94 valence electrons. The predicted octanol–water partition coefficient (Wildman–Crippen LogP) is -0.641. The number of carbonyl (C=O) groups excluding carboxylic acids is 3. The fraction of sp³-hybridized carbons (Fsp3) is 0.625. The van der Waals surface area contributed by atoms with E-state index >= 15 is 0 Å². The Hall–Kier alpha value is -1.80. The summed E-state index contributed by atoms with van der Waals surface area (Å²) in [7, 11) is 0. The molecule has 4 amide bonds. The van der Waals surface area contributed by atoms with Crippen molar-refractivity contribution in [1.29, 1.82) is 0 Å². The van der Waals surface area contributed by atoms with Crippen LogP contribution in [0.4, 0.5) is 18.0 Å². The van der Waals surface area contributed by atoms with Crippen LogP contribution in [0.25, 0.3) is 0 Å². The van der Waals surface area contributed by atoms with Crippen LogP contribution < -0.4 is 10.6 Å². The number of nitrogens with zero attached hydrogens (tertiary/aromatic N) is 1. The molecule has 0 aromatic rings. The molecule has 2 heterocycles. The van der Waals surface area contributed by atoms with Crippen LogP contribution in [0.15, 0.2) is 0 Å². The Bertz CT molecular complexity index is 409. The average molecular weight is 251 g/mol. The molecule has 2 rings (SSSR count). The van der Waals surface area contributed by atoms with Crippen molar-refractivity contribution in [3.05, 3.63) is 0 Å². The highest BCUT2D eigenvalue weighted by Gasteiger charge is 2.55. The van der Waals surface area contributed by atoms with Crippen molar-refractivity contribution in [2.45, 2.75) is 18.1 Å². The molecule has 1 unspecified atom stereocenters. The molecule has 0 saturated carbocycles. The molecule has 2 aliphatic rings. The Kier molecular flexibility index (Phi) is 2.30. The molecule has 2 N–H and O–H groups in total.